The lowest BCUT2D eigenvalue weighted by molar-refractivity contribution is 0.412. The number of hydrogen-bond donors (Lipinski definition) is 1. The van der Waals surface area contributed by atoms with Gasteiger partial charge in [0.05, 0.1) is 34.2 Å². The molecule has 0 fully saturated rings. The molecule has 106 valence electrons. The van der Waals surface area contributed by atoms with Gasteiger partial charge in [0, 0.05) is 11.3 Å². The van der Waals surface area contributed by atoms with Gasteiger partial charge in [0.2, 0.25) is 0 Å². The first kappa shape index (κ1) is 15.1. The summed E-state index contributed by atoms with van der Waals surface area (Å²) in [5.74, 6) is 0.841. The highest BCUT2D eigenvalue weighted by molar-refractivity contribution is 9.10. The first-order valence-electron chi connectivity index (χ1n) is 6.17. The first-order valence-corrected chi connectivity index (χ1v) is 7.34. The summed E-state index contributed by atoms with van der Waals surface area (Å²) in [6, 6.07) is 3.97. The van der Waals surface area contributed by atoms with E-state index < -0.39 is 0 Å². The van der Waals surface area contributed by atoms with Crippen molar-refractivity contribution in [2.45, 2.75) is 20.8 Å². The van der Waals surface area contributed by atoms with E-state index in [1.807, 2.05) is 32.9 Å². The molecule has 2 aromatic rings. The molecule has 2 rings (SSSR count). The second-order valence-corrected chi connectivity index (χ2v) is 5.77. The Bertz CT molecular complexity index is 659. The quantitative estimate of drug-likeness (QED) is 0.824. The number of rotatable bonds is 3. The van der Waals surface area contributed by atoms with Crippen LogP contribution in [-0.4, -0.2) is 12.1 Å². The molecular weight excluding hydrogens is 340 g/mol. The normalized spacial score (nSPS) is 10.5. The minimum atomic E-state index is 0.624. The Kier molecular flexibility index (Phi) is 4.55. The predicted molar refractivity (Wildman–Crippen MR) is 87.4 cm³/mol. The van der Waals surface area contributed by atoms with Gasteiger partial charge in [-0.2, -0.15) is 0 Å². The van der Waals surface area contributed by atoms with Crippen LogP contribution in [0, 0.1) is 20.8 Å². The molecule has 0 saturated carbocycles. The minimum absolute atomic E-state index is 0.624. The molecule has 0 saturated heterocycles. The van der Waals surface area contributed by atoms with E-state index >= 15 is 0 Å². The third-order valence-electron chi connectivity index (χ3n) is 3.24. The van der Waals surface area contributed by atoms with Crippen molar-refractivity contribution < 1.29 is 4.74 Å². The SMILES string of the molecule is COc1ccc(C)c(Nc2cnc(C)c(Br)c2Cl)c1C. The van der Waals surface area contributed by atoms with Crippen LogP contribution in [0.1, 0.15) is 16.8 Å². The number of nitrogens with one attached hydrogen (secondary N) is 1. The zero-order valence-electron chi connectivity index (χ0n) is 11.8. The molecule has 1 heterocycles. The van der Waals surface area contributed by atoms with E-state index in [9.17, 15) is 0 Å². The topological polar surface area (TPSA) is 34.1 Å². The third kappa shape index (κ3) is 2.76. The molecule has 0 unspecified atom stereocenters. The monoisotopic (exact) mass is 354 g/mol. The Labute approximate surface area is 132 Å². The van der Waals surface area contributed by atoms with E-state index in [0.717, 1.165) is 38.4 Å². The molecule has 0 aliphatic heterocycles. The maximum absolute atomic E-state index is 6.35. The van der Waals surface area contributed by atoms with Gasteiger partial charge in [-0.1, -0.05) is 17.7 Å². The smallest absolute Gasteiger partial charge is 0.123 e. The van der Waals surface area contributed by atoms with Gasteiger partial charge in [-0.25, -0.2) is 0 Å². The zero-order valence-corrected chi connectivity index (χ0v) is 14.2. The number of pyridine rings is 1. The number of anilines is 2. The van der Waals surface area contributed by atoms with Gasteiger partial charge in [-0.3, -0.25) is 4.98 Å². The number of aryl methyl sites for hydroxylation is 2. The van der Waals surface area contributed by atoms with Crippen molar-refractivity contribution in [3.8, 4) is 5.75 Å². The second kappa shape index (κ2) is 6.02. The Balaban J connectivity index is 2.48. The lowest BCUT2D eigenvalue weighted by Crippen LogP contribution is -2.00. The Morgan fingerprint density at radius 1 is 1.25 bits per heavy atom. The van der Waals surface area contributed by atoms with Crippen molar-refractivity contribution in [2.24, 2.45) is 0 Å². The summed E-state index contributed by atoms with van der Waals surface area (Å²) >= 11 is 9.80. The van der Waals surface area contributed by atoms with Gasteiger partial charge >= 0.3 is 0 Å². The van der Waals surface area contributed by atoms with Gasteiger partial charge in [-0.15, -0.1) is 0 Å². The average molecular weight is 356 g/mol. The van der Waals surface area contributed by atoms with Crippen LogP contribution in [-0.2, 0) is 0 Å². The van der Waals surface area contributed by atoms with Crippen LogP contribution in [0.3, 0.4) is 0 Å². The van der Waals surface area contributed by atoms with Crippen molar-refractivity contribution in [1.29, 1.82) is 0 Å². The fourth-order valence-corrected chi connectivity index (χ4v) is 2.56. The van der Waals surface area contributed by atoms with Gasteiger partial charge in [0.1, 0.15) is 5.75 Å². The van der Waals surface area contributed by atoms with Crippen LogP contribution in [0.5, 0.6) is 5.75 Å². The molecule has 0 aliphatic carbocycles. The summed E-state index contributed by atoms with van der Waals surface area (Å²) in [4.78, 5) is 4.31. The van der Waals surface area contributed by atoms with Gasteiger partial charge in [0.15, 0.2) is 0 Å². The summed E-state index contributed by atoms with van der Waals surface area (Å²) in [6.45, 7) is 5.96. The molecule has 0 bridgehead atoms. The van der Waals surface area contributed by atoms with Crippen molar-refractivity contribution in [1.82, 2.24) is 4.98 Å². The molecule has 20 heavy (non-hydrogen) atoms. The predicted octanol–water partition coefficient (Wildman–Crippen LogP) is 5.17. The van der Waals surface area contributed by atoms with Crippen LogP contribution >= 0.6 is 27.5 Å². The molecule has 0 atom stereocenters. The summed E-state index contributed by atoms with van der Waals surface area (Å²) in [6.07, 6.45) is 1.74. The molecule has 0 spiro atoms. The van der Waals surface area contributed by atoms with Crippen molar-refractivity contribution in [3.05, 3.63) is 44.6 Å². The van der Waals surface area contributed by atoms with E-state index in [4.69, 9.17) is 16.3 Å². The van der Waals surface area contributed by atoms with E-state index in [0.29, 0.717) is 5.02 Å². The number of nitrogens with zero attached hydrogens (tertiary/aromatic N) is 1. The van der Waals surface area contributed by atoms with Crippen LogP contribution in [0.2, 0.25) is 5.02 Å². The summed E-state index contributed by atoms with van der Waals surface area (Å²) in [5.41, 5.74) is 4.78. The van der Waals surface area contributed by atoms with E-state index in [2.05, 4.69) is 26.2 Å². The second-order valence-electron chi connectivity index (χ2n) is 4.59. The van der Waals surface area contributed by atoms with E-state index in [1.54, 1.807) is 13.3 Å². The number of ether oxygens (including phenoxy) is 1. The highest BCUT2D eigenvalue weighted by Gasteiger charge is 2.12. The van der Waals surface area contributed by atoms with Gasteiger partial charge < -0.3 is 10.1 Å². The van der Waals surface area contributed by atoms with Crippen molar-refractivity contribution in [3.63, 3.8) is 0 Å². The summed E-state index contributed by atoms with van der Waals surface area (Å²) < 4.78 is 6.16. The molecule has 3 nitrogen and oxygen atoms in total. The lowest BCUT2D eigenvalue weighted by atomic mass is 10.1. The molecule has 0 radical (unpaired) electrons. The minimum Gasteiger partial charge on any atom is -0.496 e. The standard InChI is InChI=1S/C15H16BrClN2O/c1-8-5-6-12(20-4)9(2)15(8)19-11-7-18-10(3)13(16)14(11)17/h5-7,19H,1-4H3. The molecule has 1 N–H and O–H groups in total. The van der Waals surface area contributed by atoms with Crippen molar-refractivity contribution >= 4 is 38.9 Å². The van der Waals surface area contributed by atoms with Crippen LogP contribution in [0.25, 0.3) is 0 Å². The van der Waals surface area contributed by atoms with Gasteiger partial charge in [0.25, 0.3) is 0 Å². The van der Waals surface area contributed by atoms with E-state index in [1.165, 1.54) is 0 Å². The molecule has 0 amide bonds. The zero-order chi connectivity index (χ0) is 14.9. The number of aromatic nitrogens is 1. The van der Waals surface area contributed by atoms with Gasteiger partial charge in [-0.05, 0) is 48.3 Å². The fraction of sp³-hybridized carbons (Fsp3) is 0.267. The van der Waals surface area contributed by atoms with Crippen molar-refractivity contribution in [2.75, 3.05) is 12.4 Å². The highest BCUT2D eigenvalue weighted by Crippen LogP contribution is 2.36. The molecular formula is C15H16BrClN2O. The van der Waals surface area contributed by atoms with Crippen LogP contribution in [0.4, 0.5) is 11.4 Å². The maximum atomic E-state index is 6.35. The number of benzene rings is 1. The third-order valence-corrected chi connectivity index (χ3v) is 4.83. The first-order chi connectivity index (χ1) is 9.45. The lowest BCUT2D eigenvalue weighted by Gasteiger charge is -2.17. The van der Waals surface area contributed by atoms with E-state index in [-0.39, 0.29) is 0 Å². The molecule has 1 aromatic heterocycles. The average Bonchev–Trinajstić information content (AvgIpc) is 2.43. The van der Waals surface area contributed by atoms with Crippen LogP contribution < -0.4 is 10.1 Å². The number of methoxy groups -OCH3 is 1. The fourth-order valence-electron chi connectivity index (χ4n) is 2.02. The highest BCUT2D eigenvalue weighted by atomic mass is 79.9. The Hall–Kier alpha value is -1.26. The Morgan fingerprint density at radius 2 is 1.95 bits per heavy atom. The maximum Gasteiger partial charge on any atom is 0.123 e. The largest absolute Gasteiger partial charge is 0.496 e. The van der Waals surface area contributed by atoms with Crippen LogP contribution in [0.15, 0.2) is 22.8 Å². The molecule has 5 heteroatoms. The summed E-state index contributed by atoms with van der Waals surface area (Å²) in [5, 5.41) is 3.97. The molecule has 1 aromatic carbocycles. The Morgan fingerprint density at radius 3 is 2.60 bits per heavy atom. The molecule has 0 aliphatic rings. The summed E-state index contributed by atoms with van der Waals surface area (Å²) in [7, 11) is 1.67. The number of halogens is 2. The number of hydrogen-bond acceptors (Lipinski definition) is 3.